The maximum Gasteiger partial charge on any atom is 0.310 e. The molecule has 35 heavy (non-hydrogen) atoms. The second-order valence-electron chi connectivity index (χ2n) is 9.14. The Morgan fingerprint density at radius 1 is 0.886 bits per heavy atom. The normalized spacial score (nSPS) is 13.6. The number of hydrogen-bond donors (Lipinski definition) is 2. The zero-order valence-corrected chi connectivity index (χ0v) is 21.0. The van der Waals surface area contributed by atoms with Crippen molar-refractivity contribution in [2.75, 3.05) is 14.2 Å². The van der Waals surface area contributed by atoms with Gasteiger partial charge in [0, 0.05) is 5.56 Å². The van der Waals surface area contributed by atoms with Gasteiger partial charge in [-0.2, -0.15) is 0 Å². The third-order valence-corrected chi connectivity index (χ3v) is 6.79. The van der Waals surface area contributed by atoms with Crippen LogP contribution >= 0.6 is 0 Å². The van der Waals surface area contributed by atoms with Crippen LogP contribution in [0.4, 0.5) is 0 Å². The number of aliphatic carboxylic acids is 1. The first-order valence-electron chi connectivity index (χ1n) is 12.1. The van der Waals surface area contributed by atoms with Gasteiger partial charge in [0.25, 0.3) is 0 Å². The fraction of sp³-hybridized carbons (Fsp3) is 0.367. The Bertz CT molecular complexity index is 1070. The molecule has 0 radical (unpaired) electrons. The van der Waals surface area contributed by atoms with Crippen LogP contribution < -0.4 is 9.47 Å². The number of aliphatic hydroxyl groups is 1. The summed E-state index contributed by atoms with van der Waals surface area (Å²) in [5.74, 6) is -0.0431. The van der Waals surface area contributed by atoms with Crippen LogP contribution in [0, 0.1) is 12.8 Å². The highest BCUT2D eigenvalue weighted by Crippen LogP contribution is 2.37. The van der Waals surface area contributed by atoms with E-state index >= 15 is 0 Å². The van der Waals surface area contributed by atoms with Gasteiger partial charge in [-0.3, -0.25) is 4.79 Å². The molecule has 0 saturated heterocycles. The second kappa shape index (κ2) is 12.4. The third-order valence-electron chi connectivity index (χ3n) is 6.79. The molecule has 5 heteroatoms. The van der Waals surface area contributed by atoms with Gasteiger partial charge in [0.05, 0.1) is 26.2 Å². The number of ether oxygens (including phenoxy) is 2. The lowest BCUT2D eigenvalue weighted by Gasteiger charge is -2.25. The summed E-state index contributed by atoms with van der Waals surface area (Å²) in [6.45, 7) is 3.62. The van der Waals surface area contributed by atoms with Crippen molar-refractivity contribution >= 4 is 5.97 Å². The fourth-order valence-corrected chi connectivity index (χ4v) is 4.52. The molecule has 0 heterocycles. The SMILES string of the molecule is COc1cc(C(O)[C@H](CCCc2ccccc2)Cc2ccc(C(C)C(=O)O)cc2)cc(OC)c1C. The van der Waals surface area contributed by atoms with E-state index in [1.165, 1.54) is 5.56 Å². The number of aliphatic hydroxyl groups excluding tert-OH is 1. The molecule has 0 amide bonds. The van der Waals surface area contributed by atoms with E-state index < -0.39 is 18.0 Å². The average molecular weight is 477 g/mol. The Labute approximate surface area is 208 Å². The molecule has 3 rings (SSSR count). The molecule has 0 aromatic heterocycles. The molecule has 0 aliphatic heterocycles. The quantitative estimate of drug-likeness (QED) is 0.330. The van der Waals surface area contributed by atoms with Crippen LogP contribution in [0.25, 0.3) is 0 Å². The largest absolute Gasteiger partial charge is 0.496 e. The zero-order valence-electron chi connectivity index (χ0n) is 21.0. The molecule has 2 unspecified atom stereocenters. The minimum atomic E-state index is -0.839. The van der Waals surface area contributed by atoms with Crippen LogP contribution in [0.5, 0.6) is 11.5 Å². The first kappa shape index (κ1) is 26.3. The number of carboxylic acids is 1. The summed E-state index contributed by atoms with van der Waals surface area (Å²) >= 11 is 0. The number of carbonyl (C=O) groups is 1. The van der Waals surface area contributed by atoms with Crippen molar-refractivity contribution in [2.45, 2.75) is 51.6 Å². The first-order chi connectivity index (χ1) is 16.8. The van der Waals surface area contributed by atoms with E-state index in [4.69, 9.17) is 9.47 Å². The minimum Gasteiger partial charge on any atom is -0.496 e. The van der Waals surface area contributed by atoms with Gasteiger partial charge in [0.1, 0.15) is 11.5 Å². The van der Waals surface area contributed by atoms with Crippen molar-refractivity contribution in [3.63, 3.8) is 0 Å². The molecule has 0 aliphatic rings. The van der Waals surface area contributed by atoms with E-state index in [2.05, 4.69) is 12.1 Å². The van der Waals surface area contributed by atoms with Gasteiger partial charge >= 0.3 is 5.97 Å². The van der Waals surface area contributed by atoms with Crippen molar-refractivity contribution in [1.29, 1.82) is 0 Å². The predicted octanol–water partition coefficient (Wildman–Crippen LogP) is 6.12. The van der Waals surface area contributed by atoms with E-state index in [0.29, 0.717) is 17.9 Å². The molecule has 5 nitrogen and oxygen atoms in total. The minimum absolute atomic E-state index is 0.0291. The van der Waals surface area contributed by atoms with Crippen molar-refractivity contribution in [2.24, 2.45) is 5.92 Å². The molecule has 0 saturated carbocycles. The Hall–Kier alpha value is -3.31. The lowest BCUT2D eigenvalue weighted by Crippen LogP contribution is -2.17. The molecule has 3 aromatic carbocycles. The second-order valence-corrected chi connectivity index (χ2v) is 9.14. The summed E-state index contributed by atoms with van der Waals surface area (Å²) in [4.78, 5) is 11.3. The molecule has 0 fully saturated rings. The summed E-state index contributed by atoms with van der Waals surface area (Å²) in [6, 6.07) is 21.9. The van der Waals surface area contributed by atoms with Gasteiger partial charge in [-0.15, -0.1) is 0 Å². The summed E-state index contributed by atoms with van der Waals surface area (Å²) in [5, 5.41) is 20.8. The fourth-order valence-electron chi connectivity index (χ4n) is 4.52. The molecule has 186 valence electrons. The van der Waals surface area contributed by atoms with Crippen LogP contribution in [-0.2, 0) is 17.6 Å². The number of benzene rings is 3. The van der Waals surface area contributed by atoms with Gasteiger partial charge < -0.3 is 19.7 Å². The Morgan fingerprint density at radius 3 is 2.03 bits per heavy atom. The van der Waals surface area contributed by atoms with E-state index in [1.807, 2.05) is 61.5 Å². The maximum atomic E-state index is 11.5. The molecule has 2 N–H and O–H groups in total. The lowest BCUT2D eigenvalue weighted by atomic mass is 9.84. The Balaban J connectivity index is 1.83. The topological polar surface area (TPSA) is 76.0 Å². The van der Waals surface area contributed by atoms with Crippen molar-refractivity contribution in [1.82, 2.24) is 0 Å². The smallest absolute Gasteiger partial charge is 0.310 e. The van der Waals surface area contributed by atoms with Crippen LogP contribution in [0.1, 0.15) is 59.6 Å². The van der Waals surface area contributed by atoms with E-state index in [1.54, 1.807) is 21.1 Å². The predicted molar refractivity (Wildman–Crippen MR) is 138 cm³/mol. The summed E-state index contributed by atoms with van der Waals surface area (Å²) in [6.07, 6.45) is 2.70. The van der Waals surface area contributed by atoms with Gasteiger partial charge in [-0.05, 0) is 79.8 Å². The number of carboxylic acid groups (broad SMARTS) is 1. The Morgan fingerprint density at radius 2 is 1.49 bits per heavy atom. The summed E-state index contributed by atoms with van der Waals surface area (Å²) in [5.41, 5.74) is 4.79. The van der Waals surface area contributed by atoms with E-state index in [9.17, 15) is 15.0 Å². The Kier molecular flexibility index (Phi) is 9.32. The zero-order chi connectivity index (χ0) is 25.4. The van der Waals surface area contributed by atoms with Gasteiger partial charge in [-0.25, -0.2) is 0 Å². The standard InChI is InChI=1S/C30H36O5/c1-20(30(32)33)24-15-13-23(14-16-24)17-25(12-8-11-22-9-6-5-7-10-22)29(31)26-18-27(34-3)21(2)28(19-26)35-4/h5-7,9-10,13-16,18-20,25,29,31H,8,11-12,17H2,1-4H3,(H,32,33)/t20?,25-,29?/m1/s1. The lowest BCUT2D eigenvalue weighted by molar-refractivity contribution is -0.138. The van der Waals surface area contributed by atoms with Crippen LogP contribution in [0.3, 0.4) is 0 Å². The third kappa shape index (κ3) is 6.86. The van der Waals surface area contributed by atoms with Gasteiger partial charge in [0.2, 0.25) is 0 Å². The summed E-state index contributed by atoms with van der Waals surface area (Å²) in [7, 11) is 3.24. The van der Waals surface area contributed by atoms with Gasteiger partial charge in [-0.1, -0.05) is 54.6 Å². The van der Waals surface area contributed by atoms with Crippen molar-refractivity contribution < 1.29 is 24.5 Å². The van der Waals surface area contributed by atoms with Crippen molar-refractivity contribution in [3.05, 3.63) is 94.5 Å². The molecule has 0 aliphatic carbocycles. The highest BCUT2D eigenvalue weighted by molar-refractivity contribution is 5.75. The van der Waals surface area contributed by atoms with Crippen LogP contribution in [-0.4, -0.2) is 30.4 Å². The number of rotatable bonds is 12. The summed E-state index contributed by atoms with van der Waals surface area (Å²) < 4.78 is 11.1. The molecule has 0 spiro atoms. The molecular weight excluding hydrogens is 440 g/mol. The first-order valence-corrected chi connectivity index (χ1v) is 12.1. The van der Waals surface area contributed by atoms with E-state index in [-0.39, 0.29) is 5.92 Å². The van der Waals surface area contributed by atoms with Crippen molar-refractivity contribution in [3.8, 4) is 11.5 Å². The van der Waals surface area contributed by atoms with E-state index in [0.717, 1.165) is 41.5 Å². The van der Waals surface area contributed by atoms with Crippen LogP contribution in [0.15, 0.2) is 66.7 Å². The maximum absolute atomic E-state index is 11.5. The average Bonchev–Trinajstić information content (AvgIpc) is 2.88. The highest BCUT2D eigenvalue weighted by atomic mass is 16.5. The number of methoxy groups -OCH3 is 2. The highest BCUT2D eigenvalue weighted by Gasteiger charge is 2.24. The van der Waals surface area contributed by atoms with Gasteiger partial charge in [0.15, 0.2) is 0 Å². The number of hydrogen-bond acceptors (Lipinski definition) is 4. The molecular formula is C30H36O5. The molecule has 3 atom stereocenters. The van der Waals surface area contributed by atoms with Crippen LogP contribution in [0.2, 0.25) is 0 Å². The number of aryl methyl sites for hydroxylation is 1. The monoisotopic (exact) mass is 476 g/mol. The molecule has 3 aromatic rings. The molecule has 0 bridgehead atoms.